The van der Waals surface area contributed by atoms with Crippen molar-refractivity contribution in [3.05, 3.63) is 30.5 Å². The molecule has 0 spiro atoms. The first-order valence-corrected chi connectivity index (χ1v) is 9.54. The molecule has 0 bridgehead atoms. The summed E-state index contributed by atoms with van der Waals surface area (Å²) in [6.07, 6.45) is 2.25. The Morgan fingerprint density at radius 1 is 1.23 bits per heavy atom. The highest BCUT2D eigenvalue weighted by molar-refractivity contribution is 7.89. The molecule has 0 aliphatic carbocycles. The Labute approximate surface area is 151 Å². The molecule has 3 N–H and O–H groups in total. The van der Waals surface area contributed by atoms with E-state index in [2.05, 4.69) is 15.3 Å². The maximum absolute atomic E-state index is 12.4. The summed E-state index contributed by atoms with van der Waals surface area (Å²) < 4.78 is 22.6. The van der Waals surface area contributed by atoms with Crippen molar-refractivity contribution >= 4 is 39.1 Å². The van der Waals surface area contributed by atoms with E-state index in [9.17, 15) is 13.2 Å². The monoisotopic (exact) mass is 376 g/mol. The third-order valence-corrected chi connectivity index (χ3v) is 5.28. The number of rotatable bonds is 4. The standard InChI is InChI=1S/C16H20N6O3S/c1-4-12-15(23)22(3)13-9-18-16(20-14(13)21(12)2)19-10-5-7-11(8-6-10)26(17,24)25/h5-9,12H,4H2,1-3H3,(H2,17,24,25)(H,18,19,20)/t12-/m0/s1. The summed E-state index contributed by atoms with van der Waals surface area (Å²) in [6.45, 7) is 1.95. The normalized spacial score (nSPS) is 17.2. The molecule has 1 amide bonds. The van der Waals surface area contributed by atoms with Gasteiger partial charge in [0.2, 0.25) is 21.9 Å². The zero-order valence-corrected chi connectivity index (χ0v) is 15.5. The summed E-state index contributed by atoms with van der Waals surface area (Å²) in [6, 6.07) is 5.70. The number of aromatic nitrogens is 2. The molecule has 1 aromatic heterocycles. The number of benzene rings is 1. The van der Waals surface area contributed by atoms with E-state index in [1.807, 2.05) is 18.9 Å². The van der Waals surface area contributed by atoms with E-state index < -0.39 is 10.0 Å². The molecular formula is C16H20N6O3S. The van der Waals surface area contributed by atoms with Crippen LogP contribution in [0.1, 0.15) is 13.3 Å². The molecule has 1 aromatic carbocycles. The van der Waals surface area contributed by atoms with Gasteiger partial charge in [-0.05, 0) is 30.7 Å². The van der Waals surface area contributed by atoms with Crippen molar-refractivity contribution in [1.82, 2.24) is 9.97 Å². The van der Waals surface area contributed by atoms with Crippen LogP contribution in [0.25, 0.3) is 0 Å². The SMILES string of the molecule is CC[C@H]1C(=O)N(C)c2cnc(Nc3ccc(S(N)(=O)=O)cc3)nc2N1C. The minimum absolute atomic E-state index is 0.00499. The van der Waals surface area contributed by atoms with E-state index >= 15 is 0 Å². The molecule has 9 nitrogen and oxygen atoms in total. The van der Waals surface area contributed by atoms with Crippen LogP contribution in [0.3, 0.4) is 0 Å². The number of hydrogen-bond donors (Lipinski definition) is 2. The van der Waals surface area contributed by atoms with Gasteiger partial charge in [-0.1, -0.05) is 6.92 Å². The average Bonchev–Trinajstić information content (AvgIpc) is 2.60. The third kappa shape index (κ3) is 3.20. The van der Waals surface area contributed by atoms with E-state index in [-0.39, 0.29) is 16.8 Å². The number of amides is 1. The van der Waals surface area contributed by atoms with E-state index in [0.717, 1.165) is 0 Å². The number of likely N-dealkylation sites (N-methyl/N-ethyl adjacent to an activating group) is 2. The van der Waals surface area contributed by atoms with Crippen LogP contribution in [0.15, 0.2) is 35.4 Å². The lowest BCUT2D eigenvalue weighted by molar-refractivity contribution is -0.119. The van der Waals surface area contributed by atoms with Gasteiger partial charge in [-0.3, -0.25) is 4.79 Å². The van der Waals surface area contributed by atoms with Crippen LogP contribution in [-0.4, -0.2) is 44.4 Å². The molecule has 2 aromatic rings. The van der Waals surface area contributed by atoms with E-state index in [1.165, 1.54) is 12.1 Å². The first-order valence-electron chi connectivity index (χ1n) is 7.99. The van der Waals surface area contributed by atoms with Gasteiger partial charge < -0.3 is 15.1 Å². The number of nitrogens with one attached hydrogen (secondary N) is 1. The number of carbonyl (C=O) groups is 1. The molecule has 0 saturated carbocycles. The van der Waals surface area contributed by atoms with Crippen molar-refractivity contribution in [3.8, 4) is 0 Å². The van der Waals surface area contributed by atoms with Crippen LogP contribution in [0, 0.1) is 0 Å². The molecule has 1 atom stereocenters. The van der Waals surface area contributed by atoms with Gasteiger partial charge in [0.05, 0.1) is 11.1 Å². The lowest BCUT2D eigenvalue weighted by Gasteiger charge is -2.37. The average molecular weight is 376 g/mol. The summed E-state index contributed by atoms with van der Waals surface area (Å²) in [5.74, 6) is 1.000. The predicted molar refractivity (Wildman–Crippen MR) is 99.0 cm³/mol. The Bertz CT molecular complexity index is 945. The first-order chi connectivity index (χ1) is 12.2. The Balaban J connectivity index is 1.90. The van der Waals surface area contributed by atoms with Gasteiger partial charge in [0.25, 0.3) is 0 Å². The van der Waals surface area contributed by atoms with Gasteiger partial charge in [0.15, 0.2) is 5.82 Å². The van der Waals surface area contributed by atoms with Crippen molar-refractivity contribution < 1.29 is 13.2 Å². The second-order valence-electron chi connectivity index (χ2n) is 6.03. The Morgan fingerprint density at radius 3 is 2.46 bits per heavy atom. The number of hydrogen-bond acceptors (Lipinski definition) is 7. The molecule has 138 valence electrons. The maximum Gasteiger partial charge on any atom is 0.249 e. The van der Waals surface area contributed by atoms with Gasteiger partial charge in [0.1, 0.15) is 11.7 Å². The highest BCUT2D eigenvalue weighted by Gasteiger charge is 2.34. The number of sulfonamides is 1. The molecule has 2 heterocycles. The summed E-state index contributed by atoms with van der Waals surface area (Å²) in [4.78, 5) is 24.6. The molecule has 0 radical (unpaired) electrons. The third-order valence-electron chi connectivity index (χ3n) is 4.35. The van der Waals surface area contributed by atoms with Crippen LogP contribution in [-0.2, 0) is 14.8 Å². The number of nitrogens with zero attached hydrogens (tertiary/aromatic N) is 4. The molecule has 0 saturated heterocycles. The van der Waals surface area contributed by atoms with Crippen LogP contribution in [0.4, 0.5) is 23.1 Å². The maximum atomic E-state index is 12.4. The highest BCUT2D eigenvalue weighted by Crippen LogP contribution is 2.33. The van der Waals surface area contributed by atoms with Crippen molar-refractivity contribution in [2.24, 2.45) is 5.14 Å². The van der Waals surface area contributed by atoms with Crippen LogP contribution < -0.4 is 20.3 Å². The number of anilines is 4. The van der Waals surface area contributed by atoms with Gasteiger partial charge in [-0.15, -0.1) is 0 Å². The number of primary sulfonamides is 1. The molecule has 1 aliphatic heterocycles. The van der Waals surface area contributed by atoms with Crippen LogP contribution >= 0.6 is 0 Å². The fraction of sp³-hybridized carbons (Fsp3) is 0.312. The number of nitrogens with two attached hydrogens (primary N) is 1. The van der Waals surface area contributed by atoms with Crippen molar-refractivity contribution in [1.29, 1.82) is 0 Å². The topological polar surface area (TPSA) is 122 Å². The summed E-state index contributed by atoms with van der Waals surface area (Å²) >= 11 is 0. The number of fused-ring (bicyclic) bond motifs is 1. The smallest absolute Gasteiger partial charge is 0.249 e. The zero-order chi connectivity index (χ0) is 19.1. The second kappa shape index (κ2) is 6.54. The van der Waals surface area contributed by atoms with E-state index in [0.29, 0.717) is 29.6 Å². The molecule has 1 aliphatic rings. The fourth-order valence-electron chi connectivity index (χ4n) is 2.88. The lowest BCUT2D eigenvalue weighted by Crippen LogP contribution is -2.50. The largest absolute Gasteiger partial charge is 0.346 e. The summed E-state index contributed by atoms with van der Waals surface area (Å²) in [7, 11) is -0.199. The van der Waals surface area contributed by atoms with E-state index in [1.54, 1.807) is 30.3 Å². The zero-order valence-electron chi connectivity index (χ0n) is 14.7. The Morgan fingerprint density at radius 2 is 1.88 bits per heavy atom. The molecular weight excluding hydrogens is 356 g/mol. The van der Waals surface area contributed by atoms with Gasteiger partial charge in [-0.2, -0.15) is 4.98 Å². The van der Waals surface area contributed by atoms with Gasteiger partial charge in [-0.25, -0.2) is 18.5 Å². The molecule has 26 heavy (non-hydrogen) atoms. The van der Waals surface area contributed by atoms with Gasteiger partial charge in [0, 0.05) is 19.8 Å². The molecule has 0 unspecified atom stereocenters. The van der Waals surface area contributed by atoms with Crippen LogP contribution in [0.2, 0.25) is 0 Å². The number of carbonyl (C=O) groups excluding carboxylic acids is 1. The van der Waals surface area contributed by atoms with Crippen molar-refractivity contribution in [3.63, 3.8) is 0 Å². The van der Waals surface area contributed by atoms with Crippen molar-refractivity contribution in [2.75, 3.05) is 29.2 Å². The fourth-order valence-corrected chi connectivity index (χ4v) is 3.40. The van der Waals surface area contributed by atoms with E-state index in [4.69, 9.17) is 5.14 Å². The van der Waals surface area contributed by atoms with Crippen LogP contribution in [0.5, 0.6) is 0 Å². The molecule has 3 rings (SSSR count). The summed E-state index contributed by atoms with van der Waals surface area (Å²) in [5, 5.41) is 8.11. The quantitative estimate of drug-likeness (QED) is 0.818. The minimum Gasteiger partial charge on any atom is -0.346 e. The predicted octanol–water partition coefficient (Wildman–Crippen LogP) is 1.06. The highest BCUT2D eigenvalue weighted by atomic mass is 32.2. The lowest BCUT2D eigenvalue weighted by atomic mass is 10.1. The minimum atomic E-state index is -3.74. The molecule has 10 heteroatoms. The Hall–Kier alpha value is -2.72. The summed E-state index contributed by atoms with van der Waals surface area (Å²) in [5.41, 5.74) is 1.25. The second-order valence-corrected chi connectivity index (χ2v) is 7.59. The first kappa shape index (κ1) is 18.1. The Kier molecular flexibility index (Phi) is 4.55. The molecule has 0 fully saturated rings. The van der Waals surface area contributed by atoms with Gasteiger partial charge >= 0.3 is 0 Å². The van der Waals surface area contributed by atoms with Crippen molar-refractivity contribution in [2.45, 2.75) is 24.3 Å².